The van der Waals surface area contributed by atoms with E-state index in [9.17, 15) is 0 Å². The van der Waals surface area contributed by atoms with E-state index in [-0.39, 0.29) is 0 Å². The van der Waals surface area contributed by atoms with Gasteiger partial charge >= 0.3 is 0 Å². The van der Waals surface area contributed by atoms with E-state index in [2.05, 4.69) is 33.0 Å². The fourth-order valence-electron chi connectivity index (χ4n) is 1.78. The van der Waals surface area contributed by atoms with Gasteiger partial charge in [0.2, 0.25) is 0 Å². The van der Waals surface area contributed by atoms with Crippen molar-refractivity contribution >= 4 is 0 Å². The number of rotatable bonds is 9. The third-order valence-electron chi connectivity index (χ3n) is 3.05. The van der Waals surface area contributed by atoms with Crippen molar-refractivity contribution in [2.45, 2.75) is 53.0 Å². The van der Waals surface area contributed by atoms with Crippen LogP contribution in [0.25, 0.3) is 0 Å². The van der Waals surface area contributed by atoms with Gasteiger partial charge in [0.05, 0.1) is 0 Å². The Kier molecular flexibility index (Phi) is 9.12. The Bertz CT molecular complexity index is 132. The maximum absolute atomic E-state index is 5.63. The second-order valence-electron chi connectivity index (χ2n) is 4.86. The van der Waals surface area contributed by atoms with E-state index in [1.807, 2.05) is 7.05 Å². The van der Waals surface area contributed by atoms with Gasteiger partial charge in [-0.25, -0.2) is 0 Å². The Morgan fingerprint density at radius 2 is 1.67 bits per heavy atom. The summed E-state index contributed by atoms with van der Waals surface area (Å²) in [6.45, 7) is 10.8. The molecule has 0 saturated heterocycles. The minimum atomic E-state index is 0.638. The molecule has 2 heteroatoms. The first-order chi connectivity index (χ1) is 7.11. The van der Waals surface area contributed by atoms with E-state index >= 15 is 0 Å². The van der Waals surface area contributed by atoms with Gasteiger partial charge in [-0.3, -0.25) is 0 Å². The van der Waals surface area contributed by atoms with Crippen molar-refractivity contribution in [3.63, 3.8) is 0 Å². The zero-order valence-electron chi connectivity index (χ0n) is 11.2. The van der Waals surface area contributed by atoms with Crippen LogP contribution in [0, 0.1) is 11.8 Å². The van der Waals surface area contributed by atoms with E-state index in [1.54, 1.807) is 0 Å². The molecular formula is C13H29NO. The number of ether oxygens (including phenoxy) is 1. The first kappa shape index (κ1) is 14.9. The van der Waals surface area contributed by atoms with Crippen LogP contribution in [-0.4, -0.2) is 26.3 Å². The van der Waals surface area contributed by atoms with Crippen LogP contribution in [-0.2, 0) is 4.74 Å². The minimum absolute atomic E-state index is 0.638. The molecule has 0 aliphatic carbocycles. The molecule has 0 rings (SSSR count). The fraction of sp³-hybridized carbons (Fsp3) is 1.00. The quantitative estimate of drug-likeness (QED) is 0.597. The molecule has 2 unspecified atom stereocenters. The third-order valence-corrected chi connectivity index (χ3v) is 3.05. The van der Waals surface area contributed by atoms with Crippen molar-refractivity contribution in [2.24, 2.45) is 11.8 Å². The summed E-state index contributed by atoms with van der Waals surface area (Å²) in [5.41, 5.74) is 0. The Balaban J connectivity index is 3.41. The third kappa shape index (κ3) is 7.80. The van der Waals surface area contributed by atoms with Crippen LogP contribution in [0.4, 0.5) is 0 Å². The Morgan fingerprint density at radius 1 is 1.07 bits per heavy atom. The van der Waals surface area contributed by atoms with E-state index in [0.717, 1.165) is 25.6 Å². The van der Waals surface area contributed by atoms with Crippen LogP contribution in [0.2, 0.25) is 0 Å². The van der Waals surface area contributed by atoms with Gasteiger partial charge in [-0.1, -0.05) is 27.7 Å². The Morgan fingerprint density at radius 3 is 2.13 bits per heavy atom. The van der Waals surface area contributed by atoms with Gasteiger partial charge in [-0.05, 0) is 38.1 Å². The van der Waals surface area contributed by atoms with Crippen LogP contribution < -0.4 is 5.32 Å². The molecule has 92 valence electrons. The van der Waals surface area contributed by atoms with E-state index < -0.39 is 0 Å². The van der Waals surface area contributed by atoms with Crippen molar-refractivity contribution in [1.29, 1.82) is 0 Å². The highest BCUT2D eigenvalue weighted by molar-refractivity contribution is 4.69. The summed E-state index contributed by atoms with van der Waals surface area (Å²) in [6, 6.07) is 0.638. The zero-order chi connectivity index (χ0) is 11.7. The monoisotopic (exact) mass is 215 g/mol. The number of hydrogen-bond donors (Lipinski definition) is 1. The molecule has 0 heterocycles. The number of nitrogens with one attached hydrogen (secondary N) is 1. The summed E-state index contributed by atoms with van der Waals surface area (Å²) in [7, 11) is 2.05. The summed E-state index contributed by atoms with van der Waals surface area (Å²) in [5, 5.41) is 3.36. The molecule has 2 atom stereocenters. The predicted molar refractivity (Wildman–Crippen MR) is 67.2 cm³/mol. The lowest BCUT2D eigenvalue weighted by Crippen LogP contribution is -2.31. The second-order valence-corrected chi connectivity index (χ2v) is 4.86. The first-order valence-electron chi connectivity index (χ1n) is 6.36. The lowest BCUT2D eigenvalue weighted by molar-refractivity contribution is 0.107. The molecule has 0 saturated carbocycles. The summed E-state index contributed by atoms with van der Waals surface area (Å²) in [6.07, 6.45) is 3.54. The second kappa shape index (κ2) is 9.17. The molecular weight excluding hydrogens is 186 g/mol. The summed E-state index contributed by atoms with van der Waals surface area (Å²) >= 11 is 0. The van der Waals surface area contributed by atoms with E-state index in [4.69, 9.17) is 4.74 Å². The maximum atomic E-state index is 5.63. The molecule has 0 aliphatic rings. The van der Waals surface area contributed by atoms with E-state index in [1.165, 1.54) is 12.8 Å². The van der Waals surface area contributed by atoms with Crippen LogP contribution in [0.1, 0.15) is 47.0 Å². The maximum Gasteiger partial charge on any atom is 0.0469 e. The fourth-order valence-corrected chi connectivity index (χ4v) is 1.78. The standard InChI is InChI=1S/C13H29NO/c1-6-13(14-5)12(4)8-10-15-9-7-11(2)3/h11-14H,6-10H2,1-5H3. The van der Waals surface area contributed by atoms with Crippen molar-refractivity contribution in [3.05, 3.63) is 0 Å². The van der Waals surface area contributed by atoms with Gasteiger partial charge in [-0.15, -0.1) is 0 Å². The van der Waals surface area contributed by atoms with Crippen LogP contribution >= 0.6 is 0 Å². The molecule has 15 heavy (non-hydrogen) atoms. The molecule has 0 fully saturated rings. The molecule has 0 aromatic heterocycles. The molecule has 2 nitrogen and oxygen atoms in total. The first-order valence-corrected chi connectivity index (χ1v) is 6.36. The lowest BCUT2D eigenvalue weighted by Gasteiger charge is -2.22. The SMILES string of the molecule is CCC(NC)C(C)CCOCCC(C)C. The Labute approximate surface area is 95.8 Å². The lowest BCUT2D eigenvalue weighted by atomic mass is 9.97. The van der Waals surface area contributed by atoms with Gasteiger partial charge in [0.15, 0.2) is 0 Å². The normalized spacial score (nSPS) is 15.6. The molecule has 0 bridgehead atoms. The molecule has 1 N–H and O–H groups in total. The molecule has 0 aromatic rings. The smallest absolute Gasteiger partial charge is 0.0469 e. The average Bonchev–Trinajstić information content (AvgIpc) is 2.18. The van der Waals surface area contributed by atoms with Gasteiger partial charge in [0.25, 0.3) is 0 Å². The number of hydrogen-bond acceptors (Lipinski definition) is 2. The summed E-state index contributed by atoms with van der Waals surface area (Å²) in [5.74, 6) is 1.46. The average molecular weight is 215 g/mol. The van der Waals surface area contributed by atoms with Gasteiger partial charge in [0, 0.05) is 19.3 Å². The minimum Gasteiger partial charge on any atom is -0.381 e. The van der Waals surface area contributed by atoms with Crippen LogP contribution in [0.5, 0.6) is 0 Å². The van der Waals surface area contributed by atoms with Crippen molar-refractivity contribution in [1.82, 2.24) is 5.32 Å². The molecule has 0 aromatic carbocycles. The van der Waals surface area contributed by atoms with Crippen molar-refractivity contribution < 1.29 is 4.74 Å². The van der Waals surface area contributed by atoms with Crippen LogP contribution in [0.3, 0.4) is 0 Å². The Hall–Kier alpha value is -0.0800. The van der Waals surface area contributed by atoms with Crippen molar-refractivity contribution in [2.75, 3.05) is 20.3 Å². The molecule has 0 aliphatic heterocycles. The highest BCUT2D eigenvalue weighted by Gasteiger charge is 2.12. The summed E-state index contributed by atoms with van der Waals surface area (Å²) in [4.78, 5) is 0. The molecule has 0 spiro atoms. The van der Waals surface area contributed by atoms with Gasteiger partial charge in [-0.2, -0.15) is 0 Å². The van der Waals surface area contributed by atoms with Crippen LogP contribution in [0.15, 0.2) is 0 Å². The van der Waals surface area contributed by atoms with E-state index in [0.29, 0.717) is 12.0 Å². The van der Waals surface area contributed by atoms with Gasteiger partial charge < -0.3 is 10.1 Å². The highest BCUT2D eigenvalue weighted by atomic mass is 16.5. The predicted octanol–water partition coefficient (Wildman–Crippen LogP) is 3.07. The molecule has 0 radical (unpaired) electrons. The highest BCUT2D eigenvalue weighted by Crippen LogP contribution is 2.11. The zero-order valence-corrected chi connectivity index (χ0v) is 11.2. The summed E-state index contributed by atoms with van der Waals surface area (Å²) < 4.78 is 5.63. The largest absolute Gasteiger partial charge is 0.381 e. The molecule has 0 amide bonds. The van der Waals surface area contributed by atoms with Gasteiger partial charge in [0.1, 0.15) is 0 Å². The topological polar surface area (TPSA) is 21.3 Å². The van der Waals surface area contributed by atoms with Crippen molar-refractivity contribution in [3.8, 4) is 0 Å².